The van der Waals surface area contributed by atoms with Gasteiger partial charge in [-0.15, -0.1) is 16.9 Å². The van der Waals surface area contributed by atoms with E-state index in [-0.39, 0.29) is 17.1 Å². The second-order valence-electron chi connectivity index (χ2n) is 4.69. The van der Waals surface area contributed by atoms with E-state index in [0.29, 0.717) is 5.75 Å². The molecular formula is C12H11N5O5S2. The SMILES string of the molecule is CON=C(C(=O)NC1C(=O)N2C(C(=O)O)=CCS[C@H]12)c1csnn1. The summed E-state index contributed by atoms with van der Waals surface area (Å²) >= 11 is 2.41. The van der Waals surface area contributed by atoms with E-state index in [1.807, 2.05) is 0 Å². The number of rotatable bonds is 5. The van der Waals surface area contributed by atoms with Gasteiger partial charge in [-0.05, 0) is 17.6 Å². The van der Waals surface area contributed by atoms with Crippen LogP contribution >= 0.6 is 23.3 Å². The Kier molecular flexibility index (Phi) is 4.49. The number of aromatic nitrogens is 2. The Bertz CT molecular complexity index is 747. The first-order chi connectivity index (χ1) is 11.5. The van der Waals surface area contributed by atoms with Gasteiger partial charge in [0.1, 0.15) is 29.9 Å². The summed E-state index contributed by atoms with van der Waals surface area (Å²) in [5.41, 5.74) is 0.0569. The van der Waals surface area contributed by atoms with Gasteiger partial charge in [-0.3, -0.25) is 14.5 Å². The highest BCUT2D eigenvalue weighted by Crippen LogP contribution is 2.37. The van der Waals surface area contributed by atoms with Crippen LogP contribution in [0.1, 0.15) is 5.69 Å². The molecule has 1 aromatic heterocycles. The molecule has 2 aliphatic heterocycles. The van der Waals surface area contributed by atoms with E-state index in [4.69, 9.17) is 5.11 Å². The molecule has 1 aromatic rings. The van der Waals surface area contributed by atoms with Gasteiger partial charge in [0, 0.05) is 11.1 Å². The number of nitrogens with zero attached hydrogens (tertiary/aromatic N) is 4. The number of carboxylic acid groups (broad SMARTS) is 1. The molecule has 12 heteroatoms. The molecule has 1 unspecified atom stereocenters. The average molecular weight is 369 g/mol. The van der Waals surface area contributed by atoms with E-state index >= 15 is 0 Å². The van der Waals surface area contributed by atoms with Crippen LogP contribution in [0.4, 0.5) is 0 Å². The zero-order valence-corrected chi connectivity index (χ0v) is 13.8. The molecule has 10 nitrogen and oxygen atoms in total. The molecule has 1 fully saturated rings. The van der Waals surface area contributed by atoms with Crippen LogP contribution in [0.2, 0.25) is 0 Å². The van der Waals surface area contributed by atoms with Gasteiger partial charge in [0.2, 0.25) is 0 Å². The Balaban J connectivity index is 1.74. The minimum absolute atomic E-state index is 0.0660. The predicted molar refractivity (Wildman–Crippen MR) is 84.2 cm³/mol. The third-order valence-electron chi connectivity index (χ3n) is 3.35. The molecule has 0 aromatic carbocycles. The van der Waals surface area contributed by atoms with Gasteiger partial charge < -0.3 is 15.3 Å². The Hall–Kier alpha value is -2.47. The van der Waals surface area contributed by atoms with E-state index in [0.717, 1.165) is 11.5 Å². The van der Waals surface area contributed by atoms with Crippen LogP contribution in [0, 0.1) is 0 Å². The maximum Gasteiger partial charge on any atom is 0.352 e. The number of carboxylic acids is 1. The highest BCUT2D eigenvalue weighted by Gasteiger charge is 2.53. The van der Waals surface area contributed by atoms with Crippen molar-refractivity contribution in [2.24, 2.45) is 5.16 Å². The number of thioether (sulfide) groups is 1. The van der Waals surface area contributed by atoms with E-state index in [1.54, 1.807) is 0 Å². The maximum atomic E-state index is 12.4. The van der Waals surface area contributed by atoms with Gasteiger partial charge in [-0.25, -0.2) is 4.79 Å². The lowest BCUT2D eigenvalue weighted by atomic mass is 10.0. The van der Waals surface area contributed by atoms with Crippen molar-refractivity contribution in [3.8, 4) is 0 Å². The van der Waals surface area contributed by atoms with Crippen molar-refractivity contribution in [2.45, 2.75) is 11.4 Å². The number of carbonyl (C=O) groups is 3. The van der Waals surface area contributed by atoms with Crippen LogP contribution in [0.15, 0.2) is 22.3 Å². The van der Waals surface area contributed by atoms with Crippen LogP contribution < -0.4 is 5.32 Å². The molecule has 3 heterocycles. The number of aliphatic carboxylic acids is 1. The fraction of sp³-hybridized carbons (Fsp3) is 0.333. The lowest BCUT2D eigenvalue weighted by Gasteiger charge is -2.48. The fourth-order valence-corrected chi connectivity index (χ4v) is 3.95. The van der Waals surface area contributed by atoms with Crippen LogP contribution in [0.5, 0.6) is 0 Å². The smallest absolute Gasteiger partial charge is 0.352 e. The predicted octanol–water partition coefficient (Wildman–Crippen LogP) is -0.743. The Morgan fingerprint density at radius 3 is 2.96 bits per heavy atom. The number of hydrogen-bond acceptors (Lipinski definition) is 9. The minimum Gasteiger partial charge on any atom is -0.477 e. The zero-order valence-electron chi connectivity index (χ0n) is 12.2. The van der Waals surface area contributed by atoms with E-state index in [1.165, 1.54) is 35.2 Å². The van der Waals surface area contributed by atoms with Gasteiger partial charge in [0.25, 0.3) is 11.8 Å². The number of oxime groups is 1. The topological polar surface area (TPSA) is 134 Å². The summed E-state index contributed by atoms with van der Waals surface area (Å²) in [7, 11) is 1.28. The van der Waals surface area contributed by atoms with Crippen molar-refractivity contribution in [1.82, 2.24) is 19.8 Å². The Morgan fingerprint density at radius 2 is 2.33 bits per heavy atom. The molecule has 0 spiro atoms. The largest absolute Gasteiger partial charge is 0.477 e. The summed E-state index contributed by atoms with van der Waals surface area (Å²) in [5.74, 6) is -1.86. The minimum atomic E-state index is -1.17. The number of hydrogen-bond donors (Lipinski definition) is 2. The molecule has 1 saturated heterocycles. The monoisotopic (exact) mass is 369 g/mol. The number of carbonyl (C=O) groups excluding carboxylic acids is 2. The molecule has 2 aliphatic rings. The Labute approximate surface area is 143 Å². The average Bonchev–Trinajstić information content (AvgIpc) is 3.10. The van der Waals surface area contributed by atoms with Crippen molar-refractivity contribution in [1.29, 1.82) is 0 Å². The van der Waals surface area contributed by atoms with Crippen molar-refractivity contribution >= 4 is 46.8 Å². The lowest BCUT2D eigenvalue weighted by molar-refractivity contribution is -0.150. The highest BCUT2D eigenvalue weighted by molar-refractivity contribution is 8.00. The first-order valence-corrected chi connectivity index (χ1v) is 8.50. The molecule has 2 amide bonds. The molecular weight excluding hydrogens is 358 g/mol. The van der Waals surface area contributed by atoms with Crippen LogP contribution in [-0.2, 0) is 19.2 Å². The summed E-state index contributed by atoms with van der Waals surface area (Å²) in [4.78, 5) is 41.5. The van der Waals surface area contributed by atoms with Gasteiger partial charge >= 0.3 is 5.97 Å². The van der Waals surface area contributed by atoms with E-state index in [2.05, 4.69) is 24.9 Å². The fourth-order valence-electron chi connectivity index (χ4n) is 2.31. The number of fused-ring (bicyclic) bond motifs is 1. The van der Waals surface area contributed by atoms with Crippen LogP contribution in [-0.4, -0.2) is 67.4 Å². The van der Waals surface area contributed by atoms with Crippen molar-refractivity contribution < 1.29 is 24.3 Å². The van der Waals surface area contributed by atoms with Crippen molar-refractivity contribution in [2.75, 3.05) is 12.9 Å². The number of nitrogens with one attached hydrogen (secondary N) is 1. The van der Waals surface area contributed by atoms with Gasteiger partial charge in [0.05, 0.1) is 0 Å². The summed E-state index contributed by atoms with van der Waals surface area (Å²) in [6.45, 7) is 0. The summed E-state index contributed by atoms with van der Waals surface area (Å²) in [6, 6.07) is -0.834. The van der Waals surface area contributed by atoms with Gasteiger partial charge in [0.15, 0.2) is 5.71 Å². The Morgan fingerprint density at radius 1 is 1.54 bits per heavy atom. The summed E-state index contributed by atoms with van der Waals surface area (Å²) in [5, 5.41) is 20.1. The molecule has 2 N–H and O–H groups in total. The highest BCUT2D eigenvalue weighted by atomic mass is 32.2. The van der Waals surface area contributed by atoms with Crippen molar-refractivity contribution in [3.05, 3.63) is 22.8 Å². The third kappa shape index (κ3) is 2.73. The normalized spacial score (nSPS) is 23.0. The van der Waals surface area contributed by atoms with Gasteiger partial charge in [-0.2, -0.15) is 0 Å². The molecule has 2 atom stereocenters. The summed E-state index contributed by atoms with van der Waals surface area (Å²) in [6.07, 6.45) is 1.47. The molecule has 126 valence electrons. The van der Waals surface area contributed by atoms with Crippen molar-refractivity contribution in [3.63, 3.8) is 0 Å². The first-order valence-electron chi connectivity index (χ1n) is 6.62. The molecule has 3 rings (SSSR count). The second kappa shape index (κ2) is 6.57. The van der Waals surface area contributed by atoms with Crippen LogP contribution in [0.3, 0.4) is 0 Å². The quantitative estimate of drug-likeness (QED) is 0.394. The number of β-lactam (4-membered cyclic amide) rings is 1. The molecule has 0 radical (unpaired) electrons. The first kappa shape index (κ1) is 16.4. The maximum absolute atomic E-state index is 12.4. The summed E-state index contributed by atoms with van der Waals surface area (Å²) < 4.78 is 3.65. The van der Waals surface area contributed by atoms with E-state index in [9.17, 15) is 14.4 Å². The second-order valence-corrected chi connectivity index (χ2v) is 6.45. The lowest BCUT2D eigenvalue weighted by Crippen LogP contribution is -2.70. The zero-order chi connectivity index (χ0) is 17.3. The molecule has 24 heavy (non-hydrogen) atoms. The van der Waals surface area contributed by atoms with E-state index < -0.39 is 29.2 Å². The van der Waals surface area contributed by atoms with Crippen LogP contribution in [0.25, 0.3) is 0 Å². The molecule has 0 saturated carbocycles. The number of amides is 2. The standard InChI is InChI=1S/C12H11N5O5S2/c1-22-15-7(5-4-24-16-14-5)9(18)13-8-10(19)17-6(12(20)21)2-3-23-11(8)17/h2,4,8,11H,3H2,1H3,(H,13,18)(H,20,21)/t8?,11-/m1/s1. The molecule has 0 aliphatic carbocycles. The molecule has 0 bridgehead atoms. The van der Waals surface area contributed by atoms with Gasteiger partial charge in [-0.1, -0.05) is 9.64 Å². The third-order valence-corrected chi connectivity index (χ3v) is 5.04.